The summed E-state index contributed by atoms with van der Waals surface area (Å²) in [5.74, 6) is 0.790. The quantitative estimate of drug-likeness (QED) is 0.330. The predicted molar refractivity (Wildman–Crippen MR) is 134 cm³/mol. The molecule has 0 bridgehead atoms. The molecule has 6 heteroatoms. The number of para-hydroxylation sites is 2. The van der Waals surface area contributed by atoms with E-state index in [-0.39, 0.29) is 17.9 Å². The van der Waals surface area contributed by atoms with Crippen LogP contribution < -0.4 is 5.43 Å². The van der Waals surface area contributed by atoms with Crippen LogP contribution in [0.5, 0.6) is 0 Å². The number of fused-ring (bicyclic) bond motifs is 2. The first-order valence-electron chi connectivity index (χ1n) is 11.4. The van der Waals surface area contributed by atoms with Crippen molar-refractivity contribution in [3.8, 4) is 11.3 Å². The highest BCUT2D eigenvalue weighted by Gasteiger charge is 2.15. The molecule has 2 heterocycles. The monoisotopic (exact) mass is 451 g/mol. The lowest BCUT2D eigenvalue weighted by molar-refractivity contribution is -0.130. The summed E-state index contributed by atoms with van der Waals surface area (Å²) >= 11 is 0. The number of aromatic nitrogens is 2. The number of aryl methyl sites for hydroxylation is 1. The van der Waals surface area contributed by atoms with Crippen LogP contribution in [0.1, 0.15) is 12.2 Å². The molecule has 5 rings (SSSR count). The summed E-state index contributed by atoms with van der Waals surface area (Å²) in [6.45, 7) is 0.758. The number of likely N-dealkylation sites (N-methyl/N-ethyl adjacent to an activating group) is 1. The van der Waals surface area contributed by atoms with E-state index in [0.717, 1.165) is 34.5 Å². The van der Waals surface area contributed by atoms with Gasteiger partial charge in [0.25, 0.3) is 0 Å². The van der Waals surface area contributed by atoms with Crippen LogP contribution in [-0.4, -0.2) is 34.1 Å². The molecular weight excluding hydrogens is 426 g/mol. The fourth-order valence-corrected chi connectivity index (χ4v) is 4.29. The number of benzene rings is 3. The molecule has 3 aromatic carbocycles. The highest BCUT2D eigenvalue weighted by molar-refractivity contribution is 5.94. The van der Waals surface area contributed by atoms with Crippen LogP contribution >= 0.6 is 0 Å². The molecule has 0 spiro atoms. The number of hydrogen-bond acceptors (Lipinski definition) is 4. The summed E-state index contributed by atoms with van der Waals surface area (Å²) < 4.78 is 7.42. The average molecular weight is 452 g/mol. The van der Waals surface area contributed by atoms with Gasteiger partial charge < -0.3 is 14.0 Å². The molecule has 170 valence electrons. The molecule has 0 saturated carbocycles. The lowest BCUT2D eigenvalue weighted by Crippen LogP contribution is -2.32. The van der Waals surface area contributed by atoms with Gasteiger partial charge in [-0.1, -0.05) is 59.8 Å². The van der Waals surface area contributed by atoms with E-state index < -0.39 is 0 Å². The first-order valence-corrected chi connectivity index (χ1v) is 11.4. The van der Waals surface area contributed by atoms with Gasteiger partial charge in [0.1, 0.15) is 18.0 Å². The van der Waals surface area contributed by atoms with E-state index >= 15 is 0 Å². The lowest BCUT2D eigenvalue weighted by atomic mass is 10.1. The van der Waals surface area contributed by atoms with Crippen LogP contribution in [0.2, 0.25) is 0 Å². The van der Waals surface area contributed by atoms with Gasteiger partial charge in [-0.3, -0.25) is 9.59 Å². The smallest absolute Gasteiger partial charge is 0.242 e. The molecule has 0 saturated heterocycles. The third kappa shape index (κ3) is 4.22. The van der Waals surface area contributed by atoms with Crippen LogP contribution in [0.4, 0.5) is 0 Å². The van der Waals surface area contributed by atoms with Crippen molar-refractivity contribution in [2.45, 2.75) is 19.4 Å². The molecule has 5 aromatic rings. The van der Waals surface area contributed by atoms with Crippen molar-refractivity contribution in [1.82, 2.24) is 14.6 Å². The zero-order valence-electron chi connectivity index (χ0n) is 19.0. The van der Waals surface area contributed by atoms with Gasteiger partial charge in [-0.15, -0.1) is 0 Å². The highest BCUT2D eigenvalue weighted by atomic mass is 16.5. The normalized spacial score (nSPS) is 11.2. The minimum Gasteiger partial charge on any atom is -0.361 e. The van der Waals surface area contributed by atoms with Crippen LogP contribution in [0.25, 0.3) is 33.1 Å². The van der Waals surface area contributed by atoms with E-state index in [1.54, 1.807) is 4.90 Å². The molecule has 1 amide bonds. The van der Waals surface area contributed by atoms with Gasteiger partial charge in [0.05, 0.1) is 11.0 Å². The zero-order chi connectivity index (χ0) is 23.5. The predicted octanol–water partition coefficient (Wildman–Crippen LogP) is 4.90. The van der Waals surface area contributed by atoms with Gasteiger partial charge in [0.15, 0.2) is 5.43 Å². The number of amides is 1. The second kappa shape index (κ2) is 9.35. The van der Waals surface area contributed by atoms with Gasteiger partial charge in [0.2, 0.25) is 5.91 Å². The van der Waals surface area contributed by atoms with E-state index in [9.17, 15) is 9.59 Å². The molecule has 0 unspecified atom stereocenters. The van der Waals surface area contributed by atoms with Crippen LogP contribution in [0.15, 0.2) is 94.2 Å². The third-order valence-electron chi connectivity index (χ3n) is 6.14. The summed E-state index contributed by atoms with van der Waals surface area (Å²) in [7, 11) is 1.81. The summed E-state index contributed by atoms with van der Waals surface area (Å²) in [6, 6.07) is 26.8. The second-order valence-electron chi connectivity index (χ2n) is 8.41. The largest absolute Gasteiger partial charge is 0.361 e. The summed E-state index contributed by atoms with van der Waals surface area (Å²) in [5.41, 5.74) is 3.36. The molecule has 0 fully saturated rings. The average Bonchev–Trinajstić information content (AvgIpc) is 3.36. The molecule has 0 N–H and O–H groups in total. The maximum atomic E-state index is 13.1. The molecule has 0 aliphatic heterocycles. The van der Waals surface area contributed by atoms with Crippen molar-refractivity contribution in [3.63, 3.8) is 0 Å². The van der Waals surface area contributed by atoms with Gasteiger partial charge in [-0.05, 0) is 30.7 Å². The number of carbonyl (C=O) groups is 1. The standard InChI is InChI=1S/C28H25N3O3/c1-30(17-9-12-21-18-24(29-34-21)20-10-3-2-4-11-20)27(32)19-31-25-15-7-5-13-22(25)28(33)23-14-6-8-16-26(23)31/h2-8,10-11,13-16,18H,9,12,17,19H2,1H3. The Bertz CT molecular complexity index is 1460. The number of hydrogen-bond donors (Lipinski definition) is 0. The maximum absolute atomic E-state index is 13.1. The topological polar surface area (TPSA) is 68.3 Å². The minimum atomic E-state index is -0.0125. The Morgan fingerprint density at radius 2 is 1.53 bits per heavy atom. The number of rotatable bonds is 7. The molecule has 6 nitrogen and oxygen atoms in total. The number of carbonyl (C=O) groups excluding carboxylic acids is 1. The maximum Gasteiger partial charge on any atom is 0.242 e. The van der Waals surface area contributed by atoms with Crippen LogP contribution in [0.3, 0.4) is 0 Å². The van der Waals surface area contributed by atoms with E-state index in [4.69, 9.17) is 4.52 Å². The first kappa shape index (κ1) is 21.6. The van der Waals surface area contributed by atoms with Crippen molar-refractivity contribution in [3.05, 3.63) is 101 Å². The van der Waals surface area contributed by atoms with E-state index in [0.29, 0.717) is 23.7 Å². The Balaban J connectivity index is 1.28. The van der Waals surface area contributed by atoms with E-state index in [1.807, 2.05) is 96.5 Å². The van der Waals surface area contributed by atoms with E-state index in [1.165, 1.54) is 0 Å². The summed E-state index contributed by atoms with van der Waals surface area (Å²) in [6.07, 6.45) is 1.46. The highest BCUT2D eigenvalue weighted by Crippen LogP contribution is 2.21. The number of nitrogens with zero attached hydrogens (tertiary/aromatic N) is 3. The van der Waals surface area contributed by atoms with Gasteiger partial charge >= 0.3 is 0 Å². The molecule has 2 aromatic heterocycles. The Kier molecular flexibility index (Phi) is 5.95. The van der Waals surface area contributed by atoms with Crippen molar-refractivity contribution >= 4 is 27.7 Å². The Morgan fingerprint density at radius 3 is 2.21 bits per heavy atom. The molecule has 0 radical (unpaired) electrons. The van der Waals surface area contributed by atoms with Crippen LogP contribution in [0, 0.1) is 0 Å². The molecular formula is C28H25N3O3. The minimum absolute atomic E-state index is 0.00909. The number of pyridine rings is 1. The SMILES string of the molecule is CN(CCCc1cc(-c2ccccc2)no1)C(=O)Cn1c2ccccc2c(=O)c2ccccc21. The van der Waals surface area contributed by atoms with Gasteiger partial charge in [0, 0.05) is 42.4 Å². The van der Waals surface area contributed by atoms with Gasteiger partial charge in [-0.2, -0.15) is 0 Å². The van der Waals surface area contributed by atoms with Crippen molar-refractivity contribution in [2.24, 2.45) is 0 Å². The fraction of sp³-hybridized carbons (Fsp3) is 0.179. The first-order chi connectivity index (χ1) is 16.6. The van der Waals surface area contributed by atoms with Crippen LogP contribution in [-0.2, 0) is 17.8 Å². The van der Waals surface area contributed by atoms with Crippen molar-refractivity contribution in [1.29, 1.82) is 0 Å². The fourth-order valence-electron chi connectivity index (χ4n) is 4.29. The summed E-state index contributed by atoms with van der Waals surface area (Å²) in [4.78, 5) is 27.7. The van der Waals surface area contributed by atoms with Crippen molar-refractivity contribution < 1.29 is 9.32 Å². The molecule has 0 aliphatic rings. The van der Waals surface area contributed by atoms with E-state index in [2.05, 4.69) is 5.16 Å². The zero-order valence-corrected chi connectivity index (χ0v) is 19.0. The molecule has 0 atom stereocenters. The Labute approximate surface area is 197 Å². The van der Waals surface area contributed by atoms with Gasteiger partial charge in [-0.25, -0.2) is 0 Å². The molecule has 0 aliphatic carbocycles. The molecule has 34 heavy (non-hydrogen) atoms. The van der Waals surface area contributed by atoms with Crippen molar-refractivity contribution in [2.75, 3.05) is 13.6 Å². The third-order valence-corrected chi connectivity index (χ3v) is 6.14. The second-order valence-corrected chi connectivity index (χ2v) is 8.41. The Hall–Kier alpha value is -4.19. The Morgan fingerprint density at radius 1 is 0.912 bits per heavy atom. The lowest BCUT2D eigenvalue weighted by Gasteiger charge is -2.20. The summed E-state index contributed by atoms with van der Waals surface area (Å²) in [5, 5.41) is 5.40.